The number of carbonyl (C=O) groups excluding carboxylic acids is 1. The zero-order valence-corrected chi connectivity index (χ0v) is 12.3. The molecule has 0 atom stereocenters. The zero-order chi connectivity index (χ0) is 13.2. The molecule has 0 saturated carbocycles. The van der Waals surface area contributed by atoms with Crippen LogP contribution >= 0.6 is 15.9 Å². The average Bonchev–Trinajstić information content (AvgIpc) is 2.36. The number of hydrogen-bond donors (Lipinski definition) is 1. The molecule has 18 heavy (non-hydrogen) atoms. The number of benzene rings is 1. The molecule has 1 rings (SSSR count). The largest absolute Gasteiger partial charge is 0.381 e. The summed E-state index contributed by atoms with van der Waals surface area (Å²) in [5.74, 6) is 0.0688. The van der Waals surface area contributed by atoms with Gasteiger partial charge in [-0.3, -0.25) is 4.79 Å². The SMILES string of the molecule is Cc1ccc(CC(=O)NCCCOCCBr)cc1. The fraction of sp³-hybridized carbons (Fsp3) is 0.500. The van der Waals surface area contributed by atoms with E-state index in [-0.39, 0.29) is 5.91 Å². The van der Waals surface area contributed by atoms with Gasteiger partial charge in [-0.2, -0.15) is 0 Å². The van der Waals surface area contributed by atoms with E-state index in [0.717, 1.165) is 23.9 Å². The normalized spacial score (nSPS) is 10.3. The highest BCUT2D eigenvalue weighted by Crippen LogP contribution is 2.03. The van der Waals surface area contributed by atoms with Gasteiger partial charge in [-0.15, -0.1) is 0 Å². The first-order chi connectivity index (χ1) is 8.72. The van der Waals surface area contributed by atoms with Crippen LogP contribution in [0.5, 0.6) is 0 Å². The maximum absolute atomic E-state index is 11.6. The van der Waals surface area contributed by atoms with Crippen molar-refractivity contribution in [2.45, 2.75) is 19.8 Å². The van der Waals surface area contributed by atoms with Gasteiger partial charge in [0.15, 0.2) is 0 Å². The van der Waals surface area contributed by atoms with E-state index >= 15 is 0 Å². The molecule has 1 aromatic rings. The first-order valence-electron chi connectivity index (χ1n) is 6.18. The molecule has 1 amide bonds. The lowest BCUT2D eigenvalue weighted by atomic mass is 10.1. The third-order valence-corrected chi connectivity index (χ3v) is 2.82. The number of nitrogens with one attached hydrogen (secondary N) is 1. The molecule has 0 heterocycles. The van der Waals surface area contributed by atoms with Gasteiger partial charge >= 0.3 is 0 Å². The second kappa shape index (κ2) is 9.11. The first-order valence-corrected chi connectivity index (χ1v) is 7.30. The summed E-state index contributed by atoms with van der Waals surface area (Å²) in [6.45, 7) is 4.12. The van der Waals surface area contributed by atoms with E-state index < -0.39 is 0 Å². The summed E-state index contributed by atoms with van der Waals surface area (Å²) in [7, 11) is 0. The maximum atomic E-state index is 11.6. The van der Waals surface area contributed by atoms with Crippen LogP contribution in [-0.2, 0) is 16.0 Å². The van der Waals surface area contributed by atoms with Gasteiger partial charge in [0, 0.05) is 18.5 Å². The monoisotopic (exact) mass is 313 g/mol. The molecule has 1 N–H and O–H groups in total. The number of alkyl halides is 1. The molecule has 0 saturated heterocycles. The zero-order valence-electron chi connectivity index (χ0n) is 10.7. The quantitative estimate of drug-likeness (QED) is 0.591. The molecule has 0 unspecified atom stereocenters. The standard InChI is InChI=1S/C14H20BrNO2/c1-12-3-5-13(6-4-12)11-14(17)16-8-2-9-18-10-7-15/h3-6H,2,7-11H2,1H3,(H,16,17). The maximum Gasteiger partial charge on any atom is 0.224 e. The van der Waals surface area contributed by atoms with Crippen LogP contribution in [0.1, 0.15) is 17.5 Å². The number of hydrogen-bond acceptors (Lipinski definition) is 2. The number of rotatable bonds is 8. The van der Waals surface area contributed by atoms with Gasteiger partial charge in [0.05, 0.1) is 13.0 Å². The van der Waals surface area contributed by atoms with E-state index in [0.29, 0.717) is 19.6 Å². The highest BCUT2D eigenvalue weighted by Gasteiger charge is 2.02. The third kappa shape index (κ3) is 6.77. The summed E-state index contributed by atoms with van der Waals surface area (Å²) in [4.78, 5) is 11.6. The summed E-state index contributed by atoms with van der Waals surface area (Å²) in [5.41, 5.74) is 2.26. The number of carbonyl (C=O) groups is 1. The number of ether oxygens (including phenoxy) is 1. The molecular formula is C14H20BrNO2. The van der Waals surface area contributed by atoms with Crippen molar-refractivity contribution in [2.24, 2.45) is 0 Å². The Balaban J connectivity index is 2.12. The van der Waals surface area contributed by atoms with Crippen molar-refractivity contribution in [3.05, 3.63) is 35.4 Å². The van der Waals surface area contributed by atoms with Gasteiger partial charge in [0.2, 0.25) is 5.91 Å². The lowest BCUT2D eigenvalue weighted by Gasteiger charge is -2.06. The van der Waals surface area contributed by atoms with Crippen LogP contribution in [-0.4, -0.2) is 31.0 Å². The highest BCUT2D eigenvalue weighted by molar-refractivity contribution is 9.09. The van der Waals surface area contributed by atoms with E-state index in [1.54, 1.807) is 0 Å². The second-order valence-corrected chi connectivity index (χ2v) is 4.96. The van der Waals surface area contributed by atoms with Crippen LogP contribution in [0.15, 0.2) is 24.3 Å². The Morgan fingerprint density at radius 1 is 1.28 bits per heavy atom. The number of halogens is 1. The molecule has 4 heteroatoms. The smallest absolute Gasteiger partial charge is 0.224 e. The van der Waals surface area contributed by atoms with Crippen molar-refractivity contribution in [3.8, 4) is 0 Å². The van der Waals surface area contributed by atoms with Crippen molar-refractivity contribution in [1.82, 2.24) is 5.32 Å². The number of aryl methyl sites for hydroxylation is 1. The van der Waals surface area contributed by atoms with Gasteiger partial charge in [-0.05, 0) is 18.9 Å². The fourth-order valence-corrected chi connectivity index (χ4v) is 1.74. The average molecular weight is 314 g/mol. The van der Waals surface area contributed by atoms with Crippen molar-refractivity contribution >= 4 is 21.8 Å². The Morgan fingerprint density at radius 3 is 2.67 bits per heavy atom. The molecule has 0 aromatic heterocycles. The lowest BCUT2D eigenvalue weighted by molar-refractivity contribution is -0.120. The topological polar surface area (TPSA) is 38.3 Å². The van der Waals surface area contributed by atoms with Crippen LogP contribution in [0, 0.1) is 6.92 Å². The van der Waals surface area contributed by atoms with E-state index in [1.165, 1.54) is 5.56 Å². The molecule has 3 nitrogen and oxygen atoms in total. The van der Waals surface area contributed by atoms with Gasteiger partial charge in [0.25, 0.3) is 0 Å². The van der Waals surface area contributed by atoms with E-state index in [2.05, 4.69) is 21.2 Å². The first kappa shape index (κ1) is 15.2. The van der Waals surface area contributed by atoms with Crippen molar-refractivity contribution in [3.63, 3.8) is 0 Å². The van der Waals surface area contributed by atoms with Crippen LogP contribution < -0.4 is 5.32 Å². The Morgan fingerprint density at radius 2 is 2.00 bits per heavy atom. The van der Waals surface area contributed by atoms with E-state index in [4.69, 9.17) is 4.74 Å². The minimum atomic E-state index is 0.0688. The highest BCUT2D eigenvalue weighted by atomic mass is 79.9. The summed E-state index contributed by atoms with van der Waals surface area (Å²) in [5, 5.41) is 3.75. The predicted octanol–water partition coefficient (Wildman–Crippen LogP) is 2.46. The minimum absolute atomic E-state index is 0.0688. The van der Waals surface area contributed by atoms with Gasteiger partial charge < -0.3 is 10.1 Å². The Bertz CT molecular complexity index is 351. The molecule has 0 fully saturated rings. The summed E-state index contributed by atoms with van der Waals surface area (Å²) >= 11 is 3.29. The minimum Gasteiger partial charge on any atom is -0.381 e. The van der Waals surface area contributed by atoms with Crippen LogP contribution in [0.2, 0.25) is 0 Å². The molecule has 0 aliphatic heterocycles. The lowest BCUT2D eigenvalue weighted by Crippen LogP contribution is -2.26. The molecule has 0 aliphatic carbocycles. The van der Waals surface area contributed by atoms with Crippen molar-refractivity contribution in [2.75, 3.05) is 25.1 Å². The fourth-order valence-electron chi connectivity index (χ4n) is 1.51. The molecular weight excluding hydrogens is 294 g/mol. The van der Waals surface area contributed by atoms with Gasteiger partial charge in [-0.1, -0.05) is 45.8 Å². The summed E-state index contributed by atoms with van der Waals surface area (Å²) < 4.78 is 5.30. The van der Waals surface area contributed by atoms with E-state index in [1.807, 2.05) is 31.2 Å². The van der Waals surface area contributed by atoms with Crippen LogP contribution in [0.4, 0.5) is 0 Å². The molecule has 100 valence electrons. The Kier molecular flexibility index (Phi) is 7.69. The van der Waals surface area contributed by atoms with Gasteiger partial charge in [-0.25, -0.2) is 0 Å². The molecule has 1 aromatic carbocycles. The molecule has 0 bridgehead atoms. The van der Waals surface area contributed by atoms with Crippen LogP contribution in [0.3, 0.4) is 0 Å². The molecule has 0 spiro atoms. The Labute approximate surface area is 117 Å². The summed E-state index contributed by atoms with van der Waals surface area (Å²) in [6.07, 6.45) is 1.30. The van der Waals surface area contributed by atoms with Gasteiger partial charge in [0.1, 0.15) is 0 Å². The number of amides is 1. The predicted molar refractivity (Wildman–Crippen MR) is 77.1 cm³/mol. The summed E-state index contributed by atoms with van der Waals surface area (Å²) in [6, 6.07) is 8.04. The van der Waals surface area contributed by atoms with Crippen molar-refractivity contribution in [1.29, 1.82) is 0 Å². The van der Waals surface area contributed by atoms with Crippen LogP contribution in [0.25, 0.3) is 0 Å². The third-order valence-electron chi connectivity index (χ3n) is 2.49. The van der Waals surface area contributed by atoms with E-state index in [9.17, 15) is 4.79 Å². The Hall–Kier alpha value is -0.870. The second-order valence-electron chi connectivity index (χ2n) is 4.17. The molecule has 0 radical (unpaired) electrons. The molecule has 0 aliphatic rings. The van der Waals surface area contributed by atoms with Crippen molar-refractivity contribution < 1.29 is 9.53 Å².